The summed E-state index contributed by atoms with van der Waals surface area (Å²) in [6, 6.07) is 21.1. The lowest BCUT2D eigenvalue weighted by Crippen LogP contribution is -2.38. The highest BCUT2D eigenvalue weighted by molar-refractivity contribution is 5.63. The number of hydrogen-bond donors (Lipinski definition) is 4. The molecule has 0 atom stereocenters. The van der Waals surface area contributed by atoms with Crippen LogP contribution >= 0.6 is 0 Å². The molecule has 6 nitrogen and oxygen atoms in total. The van der Waals surface area contributed by atoms with E-state index in [9.17, 15) is 0 Å². The SMILES string of the molecule is COCC[n+]1ccccc1-c1cc2[nH]c1=Cc1ccc([nH]1)C=c1ccc([nH]1)=Cc1ccc([nH]1)C=2. The van der Waals surface area contributed by atoms with Crippen LogP contribution in [-0.2, 0) is 11.3 Å². The van der Waals surface area contributed by atoms with Crippen LogP contribution in [0.15, 0.2) is 66.9 Å². The van der Waals surface area contributed by atoms with Crippen LogP contribution in [0.25, 0.3) is 35.6 Å². The fraction of sp³-hybridized carbons (Fsp3) is 0.107. The van der Waals surface area contributed by atoms with Gasteiger partial charge in [0.05, 0.1) is 10.9 Å². The number of aromatic nitrogens is 5. The van der Waals surface area contributed by atoms with Gasteiger partial charge in [0.15, 0.2) is 12.7 Å². The van der Waals surface area contributed by atoms with Crippen LogP contribution in [-0.4, -0.2) is 33.7 Å². The van der Waals surface area contributed by atoms with Gasteiger partial charge in [-0.3, -0.25) is 0 Å². The maximum Gasteiger partial charge on any atom is 0.214 e. The van der Waals surface area contributed by atoms with E-state index in [0.29, 0.717) is 6.61 Å². The number of fused-ring (bicyclic) bond motifs is 8. The van der Waals surface area contributed by atoms with Gasteiger partial charge in [-0.2, -0.15) is 4.57 Å². The van der Waals surface area contributed by atoms with Crippen LogP contribution in [0.3, 0.4) is 0 Å². The summed E-state index contributed by atoms with van der Waals surface area (Å²) in [5.41, 5.74) is 6.44. The minimum absolute atomic E-state index is 0.655. The van der Waals surface area contributed by atoms with Gasteiger partial charge >= 0.3 is 0 Å². The van der Waals surface area contributed by atoms with Crippen LogP contribution in [0.4, 0.5) is 0 Å². The predicted molar refractivity (Wildman–Crippen MR) is 133 cm³/mol. The molecule has 34 heavy (non-hydrogen) atoms. The van der Waals surface area contributed by atoms with E-state index in [1.165, 1.54) is 0 Å². The second kappa shape index (κ2) is 8.57. The molecule has 1 aliphatic heterocycles. The van der Waals surface area contributed by atoms with Gasteiger partial charge < -0.3 is 24.7 Å². The van der Waals surface area contributed by atoms with Crippen molar-refractivity contribution >= 4 is 24.3 Å². The van der Waals surface area contributed by atoms with E-state index in [2.05, 4.69) is 116 Å². The minimum atomic E-state index is 0.655. The Bertz CT molecular complexity index is 1710. The van der Waals surface area contributed by atoms with E-state index in [1.54, 1.807) is 7.11 Å². The topological polar surface area (TPSA) is 76.3 Å². The predicted octanol–water partition coefficient (Wildman–Crippen LogP) is 1.23. The Balaban J connectivity index is 1.59. The number of H-pyrrole nitrogens is 4. The maximum absolute atomic E-state index is 5.34. The van der Waals surface area contributed by atoms with Crippen LogP contribution in [0.5, 0.6) is 0 Å². The van der Waals surface area contributed by atoms with Gasteiger partial charge in [-0.15, -0.1) is 0 Å². The van der Waals surface area contributed by atoms with Gasteiger partial charge in [0.2, 0.25) is 5.69 Å². The average Bonchev–Trinajstić information content (AvgIpc) is 3.63. The summed E-state index contributed by atoms with van der Waals surface area (Å²) in [6.45, 7) is 1.44. The molecule has 0 aromatic carbocycles. The zero-order chi connectivity index (χ0) is 22.9. The lowest BCUT2D eigenvalue weighted by atomic mass is 10.1. The van der Waals surface area contributed by atoms with Crippen LogP contribution in [0.1, 0.15) is 22.8 Å². The van der Waals surface area contributed by atoms with Crippen molar-refractivity contribution in [2.45, 2.75) is 6.54 Å². The van der Waals surface area contributed by atoms with Crippen molar-refractivity contribution in [1.82, 2.24) is 19.9 Å². The first-order valence-corrected chi connectivity index (χ1v) is 11.4. The molecular formula is C28H26N5O+. The van der Waals surface area contributed by atoms with Gasteiger partial charge in [0.1, 0.15) is 6.61 Å². The Morgan fingerprint density at radius 1 is 0.676 bits per heavy atom. The fourth-order valence-corrected chi connectivity index (χ4v) is 4.45. The second-order valence-electron chi connectivity index (χ2n) is 8.51. The molecular weight excluding hydrogens is 422 g/mol. The van der Waals surface area contributed by atoms with E-state index in [4.69, 9.17) is 4.74 Å². The largest absolute Gasteiger partial charge is 0.378 e. The molecule has 5 aromatic heterocycles. The van der Waals surface area contributed by atoms with E-state index < -0.39 is 0 Å². The van der Waals surface area contributed by atoms with Crippen molar-refractivity contribution in [2.75, 3.05) is 13.7 Å². The fourth-order valence-electron chi connectivity index (χ4n) is 4.45. The summed E-state index contributed by atoms with van der Waals surface area (Å²) in [5, 5.41) is 4.18. The average molecular weight is 449 g/mol. The standard InChI is InChI=1S/C28H25N5O/c1-34-13-12-33-11-3-2-4-28(33)26-17-25-16-23-8-7-21(30-23)14-19-5-6-20(29-19)15-22-9-10-24(31-22)18-27(26)32-25/h2-11,14-18H,12-13H2,1H3,(H3,29,30,31,32)/p+1. The molecule has 0 saturated heterocycles. The molecule has 6 rings (SSSR count). The molecule has 5 aromatic rings. The molecule has 0 spiro atoms. The first-order valence-electron chi connectivity index (χ1n) is 11.4. The van der Waals surface area contributed by atoms with Crippen molar-refractivity contribution in [1.29, 1.82) is 0 Å². The van der Waals surface area contributed by atoms with Crippen LogP contribution < -0.4 is 26.0 Å². The first kappa shape index (κ1) is 20.3. The highest BCUT2D eigenvalue weighted by atomic mass is 16.5. The minimum Gasteiger partial charge on any atom is -0.378 e. The number of hydrogen-bond acceptors (Lipinski definition) is 1. The zero-order valence-electron chi connectivity index (χ0n) is 18.9. The van der Waals surface area contributed by atoms with Crippen molar-refractivity contribution in [3.05, 3.63) is 111 Å². The molecule has 6 heterocycles. The summed E-state index contributed by atoms with van der Waals surface area (Å²) < 4.78 is 7.57. The lowest BCUT2D eigenvalue weighted by molar-refractivity contribution is -0.687. The highest BCUT2D eigenvalue weighted by Gasteiger charge is 2.15. The van der Waals surface area contributed by atoms with Crippen molar-refractivity contribution < 1.29 is 9.30 Å². The molecule has 0 amide bonds. The van der Waals surface area contributed by atoms with E-state index in [-0.39, 0.29) is 0 Å². The first-order chi connectivity index (χ1) is 16.7. The van der Waals surface area contributed by atoms with Gasteiger partial charge in [0.25, 0.3) is 0 Å². The third-order valence-electron chi connectivity index (χ3n) is 6.05. The van der Waals surface area contributed by atoms with Crippen molar-refractivity contribution in [3.63, 3.8) is 0 Å². The summed E-state index contributed by atoms with van der Waals surface area (Å²) >= 11 is 0. The number of ether oxygens (including phenoxy) is 1. The summed E-state index contributed by atoms with van der Waals surface area (Å²) in [4.78, 5) is 14.1. The van der Waals surface area contributed by atoms with Gasteiger partial charge in [0, 0.05) is 58.1 Å². The Labute approximate surface area is 196 Å². The number of nitrogens with one attached hydrogen (secondary N) is 4. The van der Waals surface area contributed by atoms with Crippen LogP contribution in [0.2, 0.25) is 0 Å². The molecule has 6 heteroatoms. The Hall–Kier alpha value is -4.29. The lowest BCUT2D eigenvalue weighted by Gasteiger charge is -2.02. The number of pyridine rings is 1. The number of nitrogens with zero attached hydrogens (tertiary/aromatic N) is 1. The van der Waals surface area contributed by atoms with E-state index in [0.717, 1.165) is 62.0 Å². The van der Waals surface area contributed by atoms with Crippen molar-refractivity contribution in [3.8, 4) is 11.3 Å². The number of rotatable bonds is 4. The molecule has 0 saturated carbocycles. The molecule has 4 N–H and O–H groups in total. The van der Waals surface area contributed by atoms with E-state index >= 15 is 0 Å². The van der Waals surface area contributed by atoms with Crippen LogP contribution in [0, 0.1) is 0 Å². The second-order valence-corrected chi connectivity index (χ2v) is 8.51. The monoisotopic (exact) mass is 448 g/mol. The van der Waals surface area contributed by atoms with Crippen molar-refractivity contribution in [2.24, 2.45) is 0 Å². The number of methoxy groups -OCH3 is 1. The summed E-state index contributed by atoms with van der Waals surface area (Å²) in [5.74, 6) is 0. The molecule has 0 radical (unpaired) electrons. The molecule has 0 aliphatic carbocycles. The maximum atomic E-state index is 5.34. The highest BCUT2D eigenvalue weighted by Crippen LogP contribution is 2.11. The molecule has 1 aliphatic rings. The summed E-state index contributed by atoms with van der Waals surface area (Å²) in [7, 11) is 1.73. The normalized spacial score (nSPS) is 12.4. The molecule has 168 valence electrons. The van der Waals surface area contributed by atoms with E-state index in [1.807, 2.05) is 0 Å². The Morgan fingerprint density at radius 3 is 2.00 bits per heavy atom. The van der Waals surface area contributed by atoms with Gasteiger partial charge in [-0.25, -0.2) is 0 Å². The molecule has 8 bridgehead atoms. The molecule has 0 fully saturated rings. The number of aromatic amines is 4. The van der Waals surface area contributed by atoms with Gasteiger partial charge in [-0.1, -0.05) is 0 Å². The van der Waals surface area contributed by atoms with Gasteiger partial charge in [-0.05, 0) is 72.8 Å². The molecule has 0 unspecified atom stereocenters. The smallest absolute Gasteiger partial charge is 0.214 e. The third-order valence-corrected chi connectivity index (χ3v) is 6.05. The summed E-state index contributed by atoms with van der Waals surface area (Å²) in [6.07, 6.45) is 10.6. The third kappa shape index (κ3) is 4.07. The Kier molecular flexibility index (Phi) is 5.13. The quantitative estimate of drug-likeness (QED) is 0.301. The zero-order valence-corrected chi connectivity index (χ0v) is 18.9. The Morgan fingerprint density at radius 2 is 1.32 bits per heavy atom.